The smallest absolute Gasteiger partial charge is 0.151 e. The summed E-state index contributed by atoms with van der Waals surface area (Å²) in [6, 6.07) is 0. The van der Waals surface area contributed by atoms with Crippen LogP contribution in [0.4, 0.5) is 0 Å². The lowest BCUT2D eigenvalue weighted by molar-refractivity contribution is -0.117. The second kappa shape index (κ2) is 3.08. The van der Waals surface area contributed by atoms with E-state index >= 15 is 0 Å². The average molecular weight is 122 g/mol. The maximum absolute atomic E-state index is 9.52. The van der Waals surface area contributed by atoms with Crippen molar-refractivity contribution in [3.05, 3.63) is 0 Å². The maximum Gasteiger partial charge on any atom is 0.151 e. The van der Waals surface area contributed by atoms with Crippen LogP contribution in [0.2, 0.25) is 0 Å². The van der Waals surface area contributed by atoms with Crippen molar-refractivity contribution in [2.45, 2.75) is 11.9 Å². The highest BCUT2D eigenvalue weighted by atomic mass is 31.0. The number of carbonyl (C=O) groups is 1. The molecule has 0 aliphatic heterocycles. The van der Waals surface area contributed by atoms with Gasteiger partial charge in [0.2, 0.25) is 0 Å². The van der Waals surface area contributed by atoms with Crippen LogP contribution in [0, 0.1) is 0 Å². The Labute approximate surface area is 43.5 Å². The highest BCUT2D eigenvalue weighted by molar-refractivity contribution is 7.17. The van der Waals surface area contributed by atoms with E-state index in [2.05, 4.69) is 0 Å². The quantitative estimate of drug-likeness (QED) is 0.355. The van der Waals surface area contributed by atoms with E-state index in [1.807, 2.05) is 9.24 Å². The summed E-state index contributed by atoms with van der Waals surface area (Å²) < 4.78 is 0. The maximum atomic E-state index is 9.52. The second-order valence-corrected chi connectivity index (χ2v) is 1.80. The van der Waals surface area contributed by atoms with Crippen LogP contribution in [0.5, 0.6) is 0 Å². The first kappa shape index (κ1) is 7.02. The number of carbonyl (C=O) groups excluding carboxylic acids is 1. The Balaban J connectivity index is 3.33. The molecule has 0 aromatic heterocycles. The van der Waals surface area contributed by atoms with Gasteiger partial charge in [0, 0.05) is 0 Å². The van der Waals surface area contributed by atoms with Gasteiger partial charge in [0.1, 0.15) is 6.10 Å². The normalized spacial score (nSPS) is 18.1. The second-order valence-electron chi connectivity index (χ2n) is 1.12. The van der Waals surface area contributed by atoms with Gasteiger partial charge in [-0.1, -0.05) is 0 Å². The average Bonchev–Trinajstić information content (AvgIpc) is 1.65. The van der Waals surface area contributed by atoms with Gasteiger partial charge >= 0.3 is 0 Å². The number of hydrogen-bond donors (Lipinski definition) is 2. The molecule has 0 aromatic carbocycles. The molecule has 0 bridgehead atoms. The molecule has 0 aromatic rings. The minimum Gasteiger partial charge on any atom is -0.386 e. The molecule has 2 N–H and O–H groups in total. The van der Waals surface area contributed by atoms with E-state index in [1.54, 1.807) is 0 Å². The van der Waals surface area contributed by atoms with Crippen molar-refractivity contribution in [1.29, 1.82) is 0 Å². The molecule has 0 radical (unpaired) electrons. The van der Waals surface area contributed by atoms with Gasteiger partial charge in [-0.15, -0.1) is 9.24 Å². The molecule has 0 rings (SSSR count). The number of aliphatic hydroxyl groups is 2. The van der Waals surface area contributed by atoms with E-state index in [0.717, 1.165) is 0 Å². The molecular weight excluding hydrogens is 115 g/mol. The third-order valence-corrected chi connectivity index (χ3v) is 0.884. The van der Waals surface area contributed by atoms with Crippen molar-refractivity contribution in [3.8, 4) is 0 Å². The molecule has 0 fully saturated rings. The minimum atomic E-state index is -1.26. The van der Waals surface area contributed by atoms with Crippen molar-refractivity contribution in [3.63, 3.8) is 0 Å². The van der Waals surface area contributed by atoms with Crippen molar-refractivity contribution in [1.82, 2.24) is 0 Å². The SMILES string of the molecule is O=CC(O)C(O)P. The Bertz CT molecular complexity index is 63.2. The zero-order valence-corrected chi connectivity index (χ0v) is 4.77. The number of hydrogen-bond acceptors (Lipinski definition) is 3. The molecule has 3 unspecified atom stereocenters. The highest BCUT2D eigenvalue weighted by Crippen LogP contribution is 1.97. The molecule has 4 heteroatoms. The van der Waals surface area contributed by atoms with Crippen molar-refractivity contribution >= 4 is 15.5 Å². The molecule has 0 heterocycles. The van der Waals surface area contributed by atoms with Crippen LogP contribution >= 0.6 is 9.24 Å². The van der Waals surface area contributed by atoms with Crippen LogP contribution in [-0.2, 0) is 4.79 Å². The van der Waals surface area contributed by atoms with Gasteiger partial charge in [0.25, 0.3) is 0 Å². The number of aldehydes is 1. The third kappa shape index (κ3) is 2.68. The predicted octanol–water partition coefficient (Wildman–Crippen LogP) is -1.26. The van der Waals surface area contributed by atoms with Gasteiger partial charge in [-0.3, -0.25) is 0 Å². The van der Waals surface area contributed by atoms with Gasteiger partial charge in [0.15, 0.2) is 6.29 Å². The summed E-state index contributed by atoms with van der Waals surface area (Å²) in [6.07, 6.45) is -0.984. The van der Waals surface area contributed by atoms with Gasteiger partial charge in [0.05, 0.1) is 5.85 Å². The molecule has 0 aliphatic carbocycles. The van der Waals surface area contributed by atoms with Gasteiger partial charge < -0.3 is 15.0 Å². The summed E-state index contributed by atoms with van der Waals surface area (Å²) in [5, 5.41) is 16.6. The lowest BCUT2D eigenvalue weighted by atomic mass is 10.4. The summed E-state index contributed by atoms with van der Waals surface area (Å²) in [7, 11) is 1.89. The van der Waals surface area contributed by atoms with Crippen molar-refractivity contribution < 1.29 is 15.0 Å². The highest BCUT2D eigenvalue weighted by Gasteiger charge is 2.06. The Morgan fingerprint density at radius 1 is 1.57 bits per heavy atom. The predicted molar refractivity (Wildman–Crippen MR) is 27.8 cm³/mol. The van der Waals surface area contributed by atoms with Crippen LogP contribution < -0.4 is 0 Å². The Morgan fingerprint density at radius 3 is 2.00 bits per heavy atom. The summed E-state index contributed by atoms with van der Waals surface area (Å²) in [6.45, 7) is 0. The number of aliphatic hydroxyl groups excluding tert-OH is 2. The molecule has 3 atom stereocenters. The lowest BCUT2D eigenvalue weighted by Crippen LogP contribution is -2.20. The topological polar surface area (TPSA) is 57.5 Å². The van der Waals surface area contributed by atoms with Crippen LogP contribution in [0.1, 0.15) is 0 Å². The summed E-state index contributed by atoms with van der Waals surface area (Å²) in [5.41, 5.74) is 0. The Morgan fingerprint density at radius 2 is 2.00 bits per heavy atom. The molecule has 42 valence electrons. The molecule has 0 spiro atoms. The first-order valence-corrected chi connectivity index (χ1v) is 2.42. The van der Waals surface area contributed by atoms with E-state index in [4.69, 9.17) is 10.2 Å². The first-order valence-electron chi connectivity index (χ1n) is 1.75. The van der Waals surface area contributed by atoms with Crippen LogP contribution in [-0.4, -0.2) is 28.4 Å². The van der Waals surface area contributed by atoms with Crippen molar-refractivity contribution in [2.75, 3.05) is 0 Å². The lowest BCUT2D eigenvalue weighted by Gasteiger charge is -2.02. The zero-order chi connectivity index (χ0) is 5.86. The van der Waals surface area contributed by atoms with Crippen LogP contribution in [0.15, 0.2) is 0 Å². The van der Waals surface area contributed by atoms with Gasteiger partial charge in [-0.05, 0) is 0 Å². The fraction of sp³-hybridized carbons (Fsp3) is 0.667. The molecule has 0 amide bonds. The Hall–Kier alpha value is 0.0200. The summed E-state index contributed by atoms with van der Waals surface area (Å²) in [4.78, 5) is 9.52. The molecule has 0 saturated carbocycles. The van der Waals surface area contributed by atoms with Gasteiger partial charge in [-0.25, -0.2) is 0 Å². The fourth-order valence-corrected chi connectivity index (χ4v) is 0.171. The first-order chi connectivity index (χ1) is 3.18. The minimum absolute atomic E-state index is 0.275. The monoisotopic (exact) mass is 122 g/mol. The molecule has 3 nitrogen and oxygen atoms in total. The van der Waals surface area contributed by atoms with E-state index in [9.17, 15) is 4.79 Å². The summed E-state index contributed by atoms with van der Waals surface area (Å²) in [5.74, 6) is -1.03. The van der Waals surface area contributed by atoms with E-state index < -0.39 is 11.9 Å². The van der Waals surface area contributed by atoms with Gasteiger partial charge in [-0.2, -0.15) is 0 Å². The van der Waals surface area contributed by atoms with E-state index in [0.29, 0.717) is 0 Å². The largest absolute Gasteiger partial charge is 0.386 e. The molecule has 7 heavy (non-hydrogen) atoms. The molecular formula is C3H7O3P. The fourth-order valence-electron chi connectivity index (χ4n) is 0.0805. The molecule has 0 saturated heterocycles. The van der Waals surface area contributed by atoms with Crippen LogP contribution in [0.3, 0.4) is 0 Å². The van der Waals surface area contributed by atoms with Crippen LogP contribution in [0.25, 0.3) is 0 Å². The third-order valence-electron chi connectivity index (χ3n) is 0.489. The zero-order valence-electron chi connectivity index (χ0n) is 3.61. The standard InChI is InChI=1S/C3H7O3P/c4-1-2(5)3(6)7/h1-3,5-6H,7H2. The Kier molecular flexibility index (Phi) is 3.09. The number of rotatable bonds is 2. The van der Waals surface area contributed by atoms with E-state index in [1.165, 1.54) is 0 Å². The van der Waals surface area contributed by atoms with E-state index in [-0.39, 0.29) is 6.29 Å². The summed E-state index contributed by atoms with van der Waals surface area (Å²) >= 11 is 0. The molecule has 0 aliphatic rings. The van der Waals surface area contributed by atoms with Crippen molar-refractivity contribution in [2.24, 2.45) is 0 Å².